The highest BCUT2D eigenvalue weighted by Crippen LogP contribution is 2.35. The maximum atomic E-state index is 13.4. The minimum absolute atomic E-state index is 0.0503. The fourth-order valence-corrected chi connectivity index (χ4v) is 6.89. The molecule has 0 unspecified atom stereocenters. The number of anilines is 1. The van der Waals surface area contributed by atoms with Gasteiger partial charge in [0.15, 0.2) is 0 Å². The summed E-state index contributed by atoms with van der Waals surface area (Å²) in [7, 11) is 1.68. The smallest absolute Gasteiger partial charge is 0.241 e. The molecule has 2 aromatic carbocycles. The SMILES string of the molecule is COc1ccc(S[C@@H]2C[C@@H](C(=O)Nc3ccc4sc(C)nc4c3)N(Cc3ccsc3)C2)cc1. The molecule has 1 aliphatic heterocycles. The zero-order valence-corrected chi connectivity index (χ0v) is 20.9. The molecule has 33 heavy (non-hydrogen) atoms. The molecule has 0 spiro atoms. The van der Waals surface area contributed by atoms with Crippen LogP contribution >= 0.6 is 34.4 Å². The summed E-state index contributed by atoms with van der Waals surface area (Å²) in [6, 6.07) is 16.1. The molecule has 5 nitrogen and oxygen atoms in total. The standard InChI is InChI=1S/C25H25N3O2S3/c1-16-26-22-11-18(3-8-24(22)32-16)27-25(29)23-12-21(14-28(23)13-17-9-10-31-15-17)33-20-6-4-19(30-2)5-7-20/h3-11,15,21,23H,12-14H2,1-2H3,(H,27,29)/t21-,23+/m1/s1. The number of benzene rings is 2. The third kappa shape index (κ3) is 5.24. The first-order chi connectivity index (χ1) is 16.1. The molecule has 0 aliphatic carbocycles. The van der Waals surface area contributed by atoms with Gasteiger partial charge >= 0.3 is 0 Å². The number of rotatable bonds is 7. The average Bonchev–Trinajstić information content (AvgIpc) is 3.54. The molecular formula is C25H25N3O2S3. The van der Waals surface area contributed by atoms with Crippen LogP contribution in [0.3, 0.4) is 0 Å². The Morgan fingerprint density at radius 3 is 2.85 bits per heavy atom. The minimum atomic E-state index is -0.173. The van der Waals surface area contributed by atoms with Gasteiger partial charge in [-0.25, -0.2) is 4.98 Å². The van der Waals surface area contributed by atoms with Crippen LogP contribution in [-0.4, -0.2) is 40.7 Å². The number of likely N-dealkylation sites (tertiary alicyclic amines) is 1. The Balaban J connectivity index is 1.31. The quantitative estimate of drug-likeness (QED) is 0.338. The Kier molecular flexibility index (Phi) is 6.69. The predicted octanol–water partition coefficient (Wildman–Crippen LogP) is 6.05. The van der Waals surface area contributed by atoms with Crippen molar-refractivity contribution in [1.82, 2.24) is 9.88 Å². The van der Waals surface area contributed by atoms with Gasteiger partial charge in [0.25, 0.3) is 0 Å². The lowest BCUT2D eigenvalue weighted by molar-refractivity contribution is -0.120. The van der Waals surface area contributed by atoms with Crippen molar-refractivity contribution in [2.24, 2.45) is 0 Å². The molecule has 0 bridgehead atoms. The average molecular weight is 496 g/mol. The monoisotopic (exact) mass is 495 g/mol. The van der Waals surface area contributed by atoms with Gasteiger partial charge in [-0.1, -0.05) is 0 Å². The highest BCUT2D eigenvalue weighted by molar-refractivity contribution is 8.00. The first kappa shape index (κ1) is 22.4. The van der Waals surface area contributed by atoms with E-state index < -0.39 is 0 Å². The Hall–Kier alpha value is -2.39. The number of hydrogen-bond donors (Lipinski definition) is 1. The number of fused-ring (bicyclic) bond motifs is 1. The van der Waals surface area contributed by atoms with Gasteiger partial charge in [-0.15, -0.1) is 23.1 Å². The van der Waals surface area contributed by atoms with Crippen molar-refractivity contribution < 1.29 is 9.53 Å². The maximum Gasteiger partial charge on any atom is 0.241 e. The normalized spacial score (nSPS) is 18.6. The summed E-state index contributed by atoms with van der Waals surface area (Å²) in [6.45, 7) is 3.66. The lowest BCUT2D eigenvalue weighted by Gasteiger charge is -2.23. The van der Waals surface area contributed by atoms with Crippen LogP contribution in [0.4, 0.5) is 5.69 Å². The summed E-state index contributed by atoms with van der Waals surface area (Å²) in [5.74, 6) is 0.906. The summed E-state index contributed by atoms with van der Waals surface area (Å²) < 4.78 is 6.42. The van der Waals surface area contributed by atoms with Gasteiger partial charge in [-0.05, 0) is 78.2 Å². The number of aromatic nitrogens is 1. The van der Waals surface area contributed by atoms with Crippen molar-refractivity contribution in [2.75, 3.05) is 19.0 Å². The van der Waals surface area contributed by atoms with E-state index in [1.165, 1.54) is 10.5 Å². The fraction of sp³-hybridized carbons (Fsp3) is 0.280. The van der Waals surface area contributed by atoms with Crippen LogP contribution in [0.2, 0.25) is 0 Å². The number of nitrogens with one attached hydrogen (secondary N) is 1. The molecule has 1 saturated heterocycles. The van der Waals surface area contributed by atoms with Gasteiger partial charge < -0.3 is 10.1 Å². The molecule has 5 rings (SSSR count). The molecule has 0 radical (unpaired) electrons. The first-order valence-corrected chi connectivity index (χ1v) is 13.4. The van der Waals surface area contributed by atoms with Crippen molar-refractivity contribution in [3.8, 4) is 5.75 Å². The number of thiophene rings is 1. The number of hydrogen-bond acceptors (Lipinski definition) is 7. The van der Waals surface area contributed by atoms with Gasteiger partial charge in [-0.3, -0.25) is 9.69 Å². The summed E-state index contributed by atoms with van der Waals surface area (Å²) >= 11 is 5.20. The number of thioether (sulfide) groups is 1. The molecular weight excluding hydrogens is 470 g/mol. The number of nitrogens with zero attached hydrogens (tertiary/aromatic N) is 2. The maximum absolute atomic E-state index is 13.4. The topological polar surface area (TPSA) is 54.5 Å². The summed E-state index contributed by atoms with van der Waals surface area (Å²) in [6.07, 6.45) is 0.810. The van der Waals surface area contributed by atoms with E-state index in [1.54, 1.807) is 29.8 Å². The van der Waals surface area contributed by atoms with E-state index in [2.05, 4.69) is 44.2 Å². The van der Waals surface area contributed by atoms with E-state index in [0.29, 0.717) is 5.25 Å². The fourth-order valence-electron chi connectivity index (χ4n) is 4.20. The van der Waals surface area contributed by atoms with Crippen LogP contribution in [0.15, 0.2) is 64.2 Å². The number of carbonyl (C=O) groups excluding carboxylic acids is 1. The van der Waals surface area contributed by atoms with Gasteiger partial charge in [0.1, 0.15) is 5.75 Å². The third-order valence-corrected chi connectivity index (χ3v) is 8.66. The Labute approximate surface area is 205 Å². The Bertz CT molecular complexity index is 1240. The van der Waals surface area contributed by atoms with E-state index in [1.807, 2.05) is 49.0 Å². The second-order valence-corrected chi connectivity index (χ2v) is 11.5. The van der Waals surface area contributed by atoms with Crippen LogP contribution in [0.1, 0.15) is 17.0 Å². The van der Waals surface area contributed by atoms with Crippen LogP contribution in [0.25, 0.3) is 10.2 Å². The van der Waals surface area contributed by atoms with Crippen LogP contribution in [0, 0.1) is 6.92 Å². The van der Waals surface area contributed by atoms with Crippen molar-refractivity contribution in [1.29, 1.82) is 0 Å². The number of ether oxygens (including phenoxy) is 1. The first-order valence-electron chi connectivity index (χ1n) is 10.8. The zero-order chi connectivity index (χ0) is 22.8. The highest BCUT2D eigenvalue weighted by Gasteiger charge is 2.37. The molecule has 1 amide bonds. The molecule has 170 valence electrons. The predicted molar refractivity (Wildman–Crippen MR) is 139 cm³/mol. The molecule has 8 heteroatoms. The van der Waals surface area contributed by atoms with Crippen LogP contribution in [-0.2, 0) is 11.3 Å². The minimum Gasteiger partial charge on any atom is -0.497 e. The molecule has 3 heterocycles. The number of carbonyl (C=O) groups is 1. The largest absolute Gasteiger partial charge is 0.497 e. The summed E-state index contributed by atoms with van der Waals surface area (Å²) in [5.41, 5.74) is 3.00. The Morgan fingerprint density at radius 2 is 2.09 bits per heavy atom. The molecule has 2 aromatic heterocycles. The molecule has 0 saturated carbocycles. The van der Waals surface area contributed by atoms with Gasteiger partial charge in [0.05, 0.1) is 28.4 Å². The second kappa shape index (κ2) is 9.85. The van der Waals surface area contributed by atoms with E-state index in [0.717, 1.165) is 46.2 Å². The van der Waals surface area contributed by atoms with E-state index in [9.17, 15) is 4.79 Å². The van der Waals surface area contributed by atoms with Crippen LogP contribution in [0.5, 0.6) is 5.75 Å². The molecule has 1 N–H and O–H groups in total. The van der Waals surface area contributed by atoms with Crippen molar-refractivity contribution >= 4 is 56.2 Å². The van der Waals surface area contributed by atoms with Gasteiger partial charge in [0, 0.05) is 28.9 Å². The van der Waals surface area contributed by atoms with E-state index in [4.69, 9.17) is 4.74 Å². The van der Waals surface area contributed by atoms with E-state index in [-0.39, 0.29) is 11.9 Å². The van der Waals surface area contributed by atoms with Crippen molar-refractivity contribution in [3.63, 3.8) is 0 Å². The van der Waals surface area contributed by atoms with Gasteiger partial charge in [-0.2, -0.15) is 11.3 Å². The van der Waals surface area contributed by atoms with E-state index >= 15 is 0 Å². The molecule has 1 fully saturated rings. The Morgan fingerprint density at radius 1 is 1.24 bits per heavy atom. The van der Waals surface area contributed by atoms with Crippen molar-refractivity contribution in [2.45, 2.75) is 36.1 Å². The lowest BCUT2D eigenvalue weighted by Crippen LogP contribution is -2.39. The number of thiazole rings is 1. The molecule has 1 aliphatic rings. The lowest BCUT2D eigenvalue weighted by atomic mass is 10.2. The van der Waals surface area contributed by atoms with Gasteiger partial charge in [0.2, 0.25) is 5.91 Å². The number of methoxy groups -OCH3 is 1. The van der Waals surface area contributed by atoms with Crippen LogP contribution < -0.4 is 10.1 Å². The summed E-state index contributed by atoms with van der Waals surface area (Å²) in [5, 5.41) is 8.79. The van der Waals surface area contributed by atoms with Crippen molar-refractivity contribution in [3.05, 3.63) is 69.9 Å². The second-order valence-electron chi connectivity index (χ2n) is 8.13. The number of aryl methyl sites for hydroxylation is 1. The number of amides is 1. The highest BCUT2D eigenvalue weighted by atomic mass is 32.2. The summed E-state index contributed by atoms with van der Waals surface area (Å²) in [4.78, 5) is 21.4. The third-order valence-electron chi connectivity index (χ3n) is 5.76. The zero-order valence-electron chi connectivity index (χ0n) is 18.5. The molecule has 4 aromatic rings. The molecule has 2 atom stereocenters.